The minimum absolute atomic E-state index is 0.0112. The van der Waals surface area contributed by atoms with Crippen molar-refractivity contribution < 1.29 is 9.90 Å². The van der Waals surface area contributed by atoms with Gasteiger partial charge in [0.15, 0.2) is 0 Å². The van der Waals surface area contributed by atoms with Gasteiger partial charge >= 0.3 is 0 Å². The molecule has 0 radical (unpaired) electrons. The number of amides is 1. The average Bonchev–Trinajstić information content (AvgIpc) is 2.87. The standard InChI is InChI=1S/C13H19N3O2/c1-9(17)11-4-6-16(8-11)13(18)10-3-5-15-12(7-10)14-2/h3,5,7,9,11,17H,4,6,8H2,1-2H3,(H,14,15). The Labute approximate surface area is 107 Å². The minimum Gasteiger partial charge on any atom is -0.393 e. The first-order valence-corrected chi connectivity index (χ1v) is 6.23. The van der Waals surface area contributed by atoms with Crippen LogP contribution in [0.2, 0.25) is 0 Å². The van der Waals surface area contributed by atoms with Crippen molar-refractivity contribution in [1.82, 2.24) is 9.88 Å². The highest BCUT2D eigenvalue weighted by atomic mass is 16.3. The van der Waals surface area contributed by atoms with Gasteiger partial charge in [-0.05, 0) is 25.5 Å². The number of nitrogens with zero attached hydrogens (tertiary/aromatic N) is 2. The van der Waals surface area contributed by atoms with Gasteiger partial charge in [0.2, 0.25) is 0 Å². The van der Waals surface area contributed by atoms with E-state index in [1.54, 1.807) is 37.2 Å². The highest BCUT2D eigenvalue weighted by Crippen LogP contribution is 2.21. The van der Waals surface area contributed by atoms with Crippen LogP contribution >= 0.6 is 0 Å². The zero-order valence-electron chi connectivity index (χ0n) is 10.8. The van der Waals surface area contributed by atoms with Gasteiger partial charge in [0.05, 0.1) is 6.10 Å². The summed E-state index contributed by atoms with van der Waals surface area (Å²) in [6.45, 7) is 3.13. The number of carbonyl (C=O) groups excluding carboxylic acids is 1. The van der Waals surface area contributed by atoms with Crippen LogP contribution in [0.3, 0.4) is 0 Å². The number of rotatable bonds is 3. The molecule has 5 heteroatoms. The lowest BCUT2D eigenvalue weighted by Crippen LogP contribution is -2.30. The number of nitrogens with one attached hydrogen (secondary N) is 1. The van der Waals surface area contributed by atoms with Gasteiger partial charge < -0.3 is 15.3 Å². The number of carbonyl (C=O) groups is 1. The third-order valence-electron chi connectivity index (χ3n) is 3.46. The second-order valence-electron chi connectivity index (χ2n) is 4.72. The van der Waals surface area contributed by atoms with E-state index in [1.165, 1.54) is 0 Å². The molecule has 2 N–H and O–H groups in total. The summed E-state index contributed by atoms with van der Waals surface area (Å²) in [4.78, 5) is 18.2. The number of hydrogen-bond acceptors (Lipinski definition) is 4. The molecule has 0 aliphatic carbocycles. The third kappa shape index (κ3) is 2.61. The summed E-state index contributed by atoms with van der Waals surface area (Å²) in [5.41, 5.74) is 0.639. The molecular weight excluding hydrogens is 230 g/mol. The van der Waals surface area contributed by atoms with E-state index in [0.29, 0.717) is 24.5 Å². The van der Waals surface area contributed by atoms with Crippen molar-refractivity contribution in [3.05, 3.63) is 23.9 Å². The number of likely N-dealkylation sites (tertiary alicyclic amines) is 1. The molecule has 0 bridgehead atoms. The predicted octanol–water partition coefficient (Wildman–Crippen LogP) is 0.966. The first kappa shape index (κ1) is 12.8. The predicted molar refractivity (Wildman–Crippen MR) is 69.5 cm³/mol. The zero-order chi connectivity index (χ0) is 13.1. The summed E-state index contributed by atoms with van der Waals surface area (Å²) in [7, 11) is 1.77. The maximum absolute atomic E-state index is 12.3. The van der Waals surface area contributed by atoms with Crippen LogP contribution in [0.4, 0.5) is 5.82 Å². The van der Waals surface area contributed by atoms with E-state index in [9.17, 15) is 9.90 Å². The van der Waals surface area contributed by atoms with Crippen molar-refractivity contribution in [2.24, 2.45) is 5.92 Å². The molecule has 2 unspecified atom stereocenters. The third-order valence-corrected chi connectivity index (χ3v) is 3.46. The Bertz CT molecular complexity index is 434. The van der Waals surface area contributed by atoms with E-state index >= 15 is 0 Å². The van der Waals surface area contributed by atoms with Crippen molar-refractivity contribution in [2.45, 2.75) is 19.4 Å². The maximum Gasteiger partial charge on any atom is 0.254 e. The van der Waals surface area contributed by atoms with E-state index in [-0.39, 0.29) is 17.9 Å². The fraction of sp³-hybridized carbons (Fsp3) is 0.538. The maximum atomic E-state index is 12.3. The summed E-state index contributed by atoms with van der Waals surface area (Å²) in [6.07, 6.45) is 2.14. The topological polar surface area (TPSA) is 65.5 Å². The quantitative estimate of drug-likeness (QED) is 0.837. The van der Waals surface area contributed by atoms with Crippen molar-refractivity contribution in [3.8, 4) is 0 Å². The first-order chi connectivity index (χ1) is 8.61. The van der Waals surface area contributed by atoms with Crippen molar-refractivity contribution >= 4 is 11.7 Å². The number of anilines is 1. The Morgan fingerprint density at radius 2 is 2.44 bits per heavy atom. The van der Waals surface area contributed by atoms with Crippen molar-refractivity contribution in [2.75, 3.05) is 25.5 Å². The fourth-order valence-electron chi connectivity index (χ4n) is 2.25. The summed E-state index contributed by atoms with van der Waals surface area (Å²) < 4.78 is 0. The molecule has 1 fully saturated rings. The number of aliphatic hydroxyl groups excluding tert-OH is 1. The number of pyridine rings is 1. The smallest absolute Gasteiger partial charge is 0.254 e. The Morgan fingerprint density at radius 3 is 3.06 bits per heavy atom. The van der Waals surface area contributed by atoms with E-state index in [2.05, 4.69) is 10.3 Å². The Hall–Kier alpha value is -1.62. The minimum atomic E-state index is -0.354. The molecular formula is C13H19N3O2. The van der Waals surface area contributed by atoms with Gasteiger partial charge in [-0.3, -0.25) is 4.79 Å². The fourth-order valence-corrected chi connectivity index (χ4v) is 2.25. The highest BCUT2D eigenvalue weighted by Gasteiger charge is 2.29. The number of aliphatic hydroxyl groups is 1. The van der Waals surface area contributed by atoms with Gasteiger partial charge in [0, 0.05) is 37.8 Å². The summed E-state index contributed by atoms with van der Waals surface area (Å²) >= 11 is 0. The van der Waals surface area contributed by atoms with E-state index < -0.39 is 0 Å². The summed E-state index contributed by atoms with van der Waals surface area (Å²) in [5.74, 6) is 0.892. The van der Waals surface area contributed by atoms with Gasteiger partial charge in [-0.25, -0.2) is 4.98 Å². The average molecular weight is 249 g/mol. The molecule has 18 heavy (non-hydrogen) atoms. The molecule has 1 aromatic heterocycles. The molecule has 1 aliphatic rings. The largest absolute Gasteiger partial charge is 0.393 e. The van der Waals surface area contributed by atoms with Crippen molar-refractivity contribution in [3.63, 3.8) is 0 Å². The highest BCUT2D eigenvalue weighted by molar-refractivity contribution is 5.95. The molecule has 2 rings (SSSR count). The lowest BCUT2D eigenvalue weighted by atomic mass is 10.0. The zero-order valence-corrected chi connectivity index (χ0v) is 10.8. The summed E-state index contributed by atoms with van der Waals surface area (Å²) in [6, 6.07) is 3.47. The van der Waals surface area contributed by atoms with Crippen molar-refractivity contribution in [1.29, 1.82) is 0 Å². The van der Waals surface area contributed by atoms with Crippen LogP contribution in [0.1, 0.15) is 23.7 Å². The van der Waals surface area contributed by atoms with Gasteiger partial charge in [-0.1, -0.05) is 0 Å². The molecule has 0 aromatic carbocycles. The Balaban J connectivity index is 2.08. The van der Waals surface area contributed by atoms with Gasteiger partial charge in [-0.15, -0.1) is 0 Å². The summed E-state index contributed by atoms with van der Waals surface area (Å²) in [5, 5.41) is 12.5. The molecule has 98 valence electrons. The molecule has 1 saturated heterocycles. The van der Waals surface area contributed by atoms with E-state index in [4.69, 9.17) is 0 Å². The molecule has 1 amide bonds. The number of hydrogen-bond donors (Lipinski definition) is 2. The lowest BCUT2D eigenvalue weighted by Gasteiger charge is -2.18. The van der Waals surface area contributed by atoms with Crippen LogP contribution in [0, 0.1) is 5.92 Å². The molecule has 0 saturated carbocycles. The van der Waals surface area contributed by atoms with Crippen LogP contribution in [-0.2, 0) is 0 Å². The van der Waals surface area contributed by atoms with Crippen LogP contribution in [-0.4, -0.2) is 47.1 Å². The first-order valence-electron chi connectivity index (χ1n) is 6.23. The lowest BCUT2D eigenvalue weighted by molar-refractivity contribution is 0.0762. The van der Waals surface area contributed by atoms with E-state index in [1.807, 2.05) is 0 Å². The van der Waals surface area contributed by atoms with Gasteiger partial charge in [-0.2, -0.15) is 0 Å². The van der Waals surface area contributed by atoms with E-state index in [0.717, 1.165) is 6.42 Å². The SMILES string of the molecule is CNc1cc(C(=O)N2CCC(C(C)O)C2)ccn1. The molecule has 5 nitrogen and oxygen atoms in total. The van der Waals surface area contributed by atoms with Crippen LogP contribution < -0.4 is 5.32 Å². The monoisotopic (exact) mass is 249 g/mol. The van der Waals surface area contributed by atoms with Crippen LogP contribution in [0.5, 0.6) is 0 Å². The molecule has 0 spiro atoms. The Kier molecular flexibility index (Phi) is 3.81. The van der Waals surface area contributed by atoms with Crippen LogP contribution in [0.15, 0.2) is 18.3 Å². The normalized spacial score (nSPS) is 20.8. The molecule has 2 atom stereocenters. The number of aromatic nitrogens is 1. The van der Waals surface area contributed by atoms with Crippen LogP contribution in [0.25, 0.3) is 0 Å². The molecule has 1 aromatic rings. The molecule has 1 aliphatic heterocycles. The second-order valence-corrected chi connectivity index (χ2v) is 4.72. The Morgan fingerprint density at radius 1 is 1.67 bits per heavy atom. The van der Waals surface area contributed by atoms with Gasteiger partial charge in [0.25, 0.3) is 5.91 Å². The second kappa shape index (κ2) is 5.35. The van der Waals surface area contributed by atoms with Gasteiger partial charge in [0.1, 0.15) is 5.82 Å². The molecule has 2 heterocycles.